The van der Waals surface area contributed by atoms with Gasteiger partial charge in [-0.3, -0.25) is 9.59 Å². The lowest BCUT2D eigenvalue weighted by Gasteiger charge is -2.20. The zero-order chi connectivity index (χ0) is 13.8. The summed E-state index contributed by atoms with van der Waals surface area (Å²) in [6.07, 6.45) is 2.92. The van der Waals surface area contributed by atoms with Gasteiger partial charge in [-0.2, -0.15) is 0 Å². The number of benzene rings is 1. The minimum atomic E-state index is -0.935. The Morgan fingerprint density at radius 1 is 1.26 bits per heavy atom. The molecule has 19 heavy (non-hydrogen) atoms. The van der Waals surface area contributed by atoms with Crippen LogP contribution in [0.15, 0.2) is 24.3 Å². The van der Waals surface area contributed by atoms with E-state index in [0.717, 1.165) is 18.4 Å². The van der Waals surface area contributed by atoms with Crippen molar-refractivity contribution in [2.24, 2.45) is 0 Å². The minimum Gasteiger partial charge on any atom is -0.480 e. The second-order valence-corrected chi connectivity index (χ2v) is 5.13. The summed E-state index contributed by atoms with van der Waals surface area (Å²) >= 11 is 0. The Hall–Kier alpha value is -1.84. The first-order valence-corrected chi connectivity index (χ1v) is 6.63. The maximum Gasteiger partial charge on any atom is 0.323 e. The Morgan fingerprint density at radius 2 is 1.89 bits per heavy atom. The van der Waals surface area contributed by atoms with Gasteiger partial charge in [0.1, 0.15) is 6.54 Å². The Bertz CT molecular complexity index is 463. The molecule has 1 fully saturated rings. The molecule has 1 aromatic carbocycles. The summed E-state index contributed by atoms with van der Waals surface area (Å²) < 4.78 is 0. The molecule has 1 aromatic rings. The highest BCUT2D eigenvalue weighted by atomic mass is 16.4. The third kappa shape index (κ3) is 4.09. The molecule has 0 radical (unpaired) electrons. The number of carboxylic acids is 1. The smallest absolute Gasteiger partial charge is 0.323 e. The fourth-order valence-corrected chi connectivity index (χ4v) is 2.10. The minimum absolute atomic E-state index is 0.0505. The Labute approximate surface area is 113 Å². The van der Waals surface area contributed by atoms with E-state index in [1.165, 1.54) is 10.5 Å². The number of carboxylic acid groups (broad SMARTS) is 1. The van der Waals surface area contributed by atoms with Crippen LogP contribution in [0.3, 0.4) is 0 Å². The molecule has 1 amide bonds. The van der Waals surface area contributed by atoms with Crippen LogP contribution >= 0.6 is 0 Å². The average molecular weight is 261 g/mol. The van der Waals surface area contributed by atoms with Gasteiger partial charge in [0.25, 0.3) is 0 Å². The summed E-state index contributed by atoms with van der Waals surface area (Å²) in [6, 6.07) is 8.23. The molecule has 0 heterocycles. The molecule has 102 valence electrons. The summed E-state index contributed by atoms with van der Waals surface area (Å²) in [6.45, 7) is 1.86. The van der Waals surface area contributed by atoms with Gasteiger partial charge in [0.2, 0.25) is 5.91 Å². The molecule has 1 aliphatic carbocycles. The van der Waals surface area contributed by atoms with Crippen molar-refractivity contribution in [2.75, 3.05) is 6.54 Å². The summed E-state index contributed by atoms with van der Waals surface area (Å²) in [7, 11) is 0. The number of hydrogen-bond acceptors (Lipinski definition) is 2. The molecule has 2 rings (SSSR count). The number of rotatable bonds is 6. The van der Waals surface area contributed by atoms with Crippen LogP contribution in [0.25, 0.3) is 0 Å². The van der Waals surface area contributed by atoms with Crippen LogP contribution in [-0.4, -0.2) is 34.5 Å². The van der Waals surface area contributed by atoms with Crippen molar-refractivity contribution < 1.29 is 14.7 Å². The number of nitrogens with zero attached hydrogens (tertiary/aromatic N) is 1. The molecule has 0 unspecified atom stereocenters. The van der Waals surface area contributed by atoms with Crippen LogP contribution in [0.5, 0.6) is 0 Å². The van der Waals surface area contributed by atoms with Gasteiger partial charge in [-0.15, -0.1) is 0 Å². The van der Waals surface area contributed by atoms with Gasteiger partial charge in [0.15, 0.2) is 0 Å². The Morgan fingerprint density at radius 3 is 2.42 bits per heavy atom. The first-order chi connectivity index (χ1) is 9.06. The highest BCUT2D eigenvalue weighted by Crippen LogP contribution is 2.27. The molecule has 0 bridgehead atoms. The van der Waals surface area contributed by atoms with Gasteiger partial charge < -0.3 is 10.0 Å². The molecule has 1 saturated carbocycles. The third-order valence-corrected chi connectivity index (χ3v) is 3.36. The number of aryl methyl sites for hydroxylation is 2. The van der Waals surface area contributed by atoms with E-state index in [4.69, 9.17) is 5.11 Å². The second-order valence-electron chi connectivity index (χ2n) is 5.13. The van der Waals surface area contributed by atoms with Crippen LogP contribution in [0.2, 0.25) is 0 Å². The van der Waals surface area contributed by atoms with Crippen LogP contribution in [-0.2, 0) is 16.0 Å². The molecular weight excluding hydrogens is 242 g/mol. The van der Waals surface area contributed by atoms with Crippen molar-refractivity contribution in [1.29, 1.82) is 0 Å². The molecule has 0 aliphatic heterocycles. The van der Waals surface area contributed by atoms with E-state index in [0.29, 0.717) is 12.8 Å². The molecule has 0 spiro atoms. The summed E-state index contributed by atoms with van der Waals surface area (Å²) in [5.41, 5.74) is 2.31. The van der Waals surface area contributed by atoms with Crippen LogP contribution in [0, 0.1) is 6.92 Å². The first-order valence-electron chi connectivity index (χ1n) is 6.63. The molecule has 0 saturated heterocycles. The monoisotopic (exact) mass is 261 g/mol. The first kappa shape index (κ1) is 13.6. The van der Waals surface area contributed by atoms with E-state index in [-0.39, 0.29) is 18.5 Å². The standard InChI is InChI=1S/C15H19NO3/c1-11-2-4-12(5-3-11)6-9-14(17)16(10-15(18)19)13-7-8-13/h2-5,13H,6-10H2,1H3,(H,18,19). The fourth-order valence-electron chi connectivity index (χ4n) is 2.10. The van der Waals surface area contributed by atoms with Crippen LogP contribution < -0.4 is 0 Å². The van der Waals surface area contributed by atoms with Crippen molar-refractivity contribution in [3.05, 3.63) is 35.4 Å². The SMILES string of the molecule is Cc1ccc(CCC(=O)N(CC(=O)O)C2CC2)cc1. The van der Waals surface area contributed by atoms with Gasteiger partial charge >= 0.3 is 5.97 Å². The fraction of sp³-hybridized carbons (Fsp3) is 0.467. The zero-order valence-electron chi connectivity index (χ0n) is 11.1. The summed E-state index contributed by atoms with van der Waals surface area (Å²) in [5, 5.41) is 8.83. The predicted octanol–water partition coefficient (Wildman–Crippen LogP) is 2.00. The van der Waals surface area contributed by atoms with Gasteiger partial charge in [0.05, 0.1) is 0 Å². The largest absolute Gasteiger partial charge is 0.480 e. The lowest BCUT2D eigenvalue weighted by Crippen LogP contribution is -2.37. The topological polar surface area (TPSA) is 57.6 Å². The Balaban J connectivity index is 1.88. The quantitative estimate of drug-likeness (QED) is 0.852. The Kier molecular flexibility index (Phi) is 4.20. The van der Waals surface area contributed by atoms with Crippen molar-refractivity contribution >= 4 is 11.9 Å². The average Bonchev–Trinajstić information content (AvgIpc) is 3.19. The van der Waals surface area contributed by atoms with E-state index in [2.05, 4.69) is 0 Å². The molecular formula is C15H19NO3. The maximum atomic E-state index is 12.1. The maximum absolute atomic E-state index is 12.1. The lowest BCUT2D eigenvalue weighted by atomic mass is 10.1. The molecule has 4 nitrogen and oxygen atoms in total. The van der Waals surface area contributed by atoms with Crippen molar-refractivity contribution in [3.63, 3.8) is 0 Å². The molecule has 0 aromatic heterocycles. The van der Waals surface area contributed by atoms with Gasteiger partial charge in [-0.25, -0.2) is 0 Å². The summed E-state index contributed by atoms with van der Waals surface area (Å²) in [4.78, 5) is 24.3. The van der Waals surface area contributed by atoms with Gasteiger partial charge in [-0.1, -0.05) is 29.8 Å². The number of carbonyl (C=O) groups is 2. The van der Waals surface area contributed by atoms with Crippen molar-refractivity contribution in [1.82, 2.24) is 4.90 Å². The van der Waals surface area contributed by atoms with Gasteiger partial charge in [0, 0.05) is 12.5 Å². The normalized spacial score (nSPS) is 14.2. The number of aliphatic carboxylic acids is 1. The van der Waals surface area contributed by atoms with Crippen molar-refractivity contribution in [3.8, 4) is 0 Å². The van der Waals surface area contributed by atoms with E-state index in [1.54, 1.807) is 0 Å². The van der Waals surface area contributed by atoms with Crippen LogP contribution in [0.4, 0.5) is 0 Å². The molecule has 1 N–H and O–H groups in total. The molecule has 0 atom stereocenters. The van der Waals surface area contributed by atoms with E-state index in [9.17, 15) is 9.59 Å². The van der Waals surface area contributed by atoms with Gasteiger partial charge in [-0.05, 0) is 31.7 Å². The second kappa shape index (κ2) is 5.87. The molecule has 1 aliphatic rings. The number of amides is 1. The van der Waals surface area contributed by atoms with E-state index >= 15 is 0 Å². The third-order valence-electron chi connectivity index (χ3n) is 3.36. The zero-order valence-corrected chi connectivity index (χ0v) is 11.1. The van der Waals surface area contributed by atoms with E-state index in [1.807, 2.05) is 31.2 Å². The summed E-state index contributed by atoms with van der Waals surface area (Å²) in [5.74, 6) is -0.985. The van der Waals surface area contributed by atoms with E-state index < -0.39 is 5.97 Å². The van der Waals surface area contributed by atoms with Crippen LogP contribution in [0.1, 0.15) is 30.4 Å². The molecule has 4 heteroatoms. The highest BCUT2D eigenvalue weighted by molar-refractivity contribution is 5.82. The van der Waals surface area contributed by atoms with Crippen molar-refractivity contribution in [2.45, 2.75) is 38.6 Å². The lowest BCUT2D eigenvalue weighted by molar-refractivity contribution is -0.144. The number of carbonyl (C=O) groups excluding carboxylic acids is 1. The predicted molar refractivity (Wildman–Crippen MR) is 71.9 cm³/mol. The highest BCUT2D eigenvalue weighted by Gasteiger charge is 2.33. The number of hydrogen-bond donors (Lipinski definition) is 1.